The number of allylic oxidation sites excluding steroid dienone is 1. The smallest absolute Gasteiger partial charge is 0.205 e. The van der Waals surface area contributed by atoms with Crippen LogP contribution in [-0.2, 0) is 0 Å². The number of pyridine rings is 1. The van der Waals surface area contributed by atoms with Crippen molar-refractivity contribution in [2.75, 3.05) is 7.11 Å². The van der Waals surface area contributed by atoms with E-state index in [-0.39, 0.29) is 5.88 Å². The summed E-state index contributed by atoms with van der Waals surface area (Å²) in [6.07, 6.45) is 0. The van der Waals surface area contributed by atoms with E-state index in [2.05, 4.69) is 11.1 Å². The molecule has 0 amide bonds. The molecule has 0 spiro atoms. The summed E-state index contributed by atoms with van der Waals surface area (Å²) in [6.45, 7) is 0. The Kier molecular flexibility index (Phi) is 4.23. The first-order valence-corrected chi connectivity index (χ1v) is 9.72. The molecule has 2 N–H and O–H groups in total. The van der Waals surface area contributed by atoms with Crippen molar-refractivity contribution in [3.05, 3.63) is 88.4 Å². The van der Waals surface area contributed by atoms with Crippen LogP contribution in [0.15, 0.2) is 72.1 Å². The van der Waals surface area contributed by atoms with Gasteiger partial charge in [0, 0.05) is 21.9 Å². The number of rotatable bonds is 2. The molecule has 1 atom stereocenters. The van der Waals surface area contributed by atoms with Crippen molar-refractivity contribution in [2.24, 2.45) is 5.73 Å². The van der Waals surface area contributed by atoms with E-state index in [1.54, 1.807) is 7.11 Å². The molecule has 30 heavy (non-hydrogen) atoms. The minimum Gasteiger partial charge on any atom is -0.497 e. The number of benzene rings is 3. The van der Waals surface area contributed by atoms with Crippen LogP contribution in [0.1, 0.15) is 17.0 Å². The van der Waals surface area contributed by atoms with Crippen molar-refractivity contribution in [3.63, 3.8) is 0 Å². The van der Waals surface area contributed by atoms with Crippen molar-refractivity contribution < 1.29 is 9.47 Å². The number of ether oxygens (including phenoxy) is 2. The lowest BCUT2D eigenvalue weighted by Crippen LogP contribution is -2.21. The second-order valence-corrected chi connectivity index (χ2v) is 7.41. The van der Waals surface area contributed by atoms with Gasteiger partial charge in [0.05, 0.1) is 18.5 Å². The summed E-state index contributed by atoms with van der Waals surface area (Å²) >= 11 is 6.61. The standard InChI is InChI=1S/C24H16ClN3O2/c1-29-15-7-9-20-14(10-15)11-18(23(25)28-20)21-17-8-6-13-4-2-3-5-16(13)22(17)30-24(27)19(21)12-26/h2-11,21H,27H2,1H3. The minimum atomic E-state index is -0.487. The van der Waals surface area contributed by atoms with Gasteiger partial charge in [-0.2, -0.15) is 5.26 Å². The number of nitrogens with zero attached hydrogens (tertiary/aromatic N) is 2. The lowest BCUT2D eigenvalue weighted by Gasteiger charge is -2.28. The molecule has 0 fully saturated rings. The third kappa shape index (κ3) is 2.73. The third-order valence-corrected chi connectivity index (χ3v) is 5.72. The van der Waals surface area contributed by atoms with Crippen molar-refractivity contribution in [1.82, 2.24) is 4.98 Å². The van der Waals surface area contributed by atoms with Crippen LogP contribution in [0.4, 0.5) is 0 Å². The molecule has 0 radical (unpaired) electrons. The number of nitrogens with two attached hydrogens (primary N) is 1. The van der Waals surface area contributed by atoms with E-state index in [1.807, 2.05) is 60.7 Å². The van der Waals surface area contributed by atoms with Crippen LogP contribution in [0, 0.1) is 11.3 Å². The van der Waals surface area contributed by atoms with Gasteiger partial charge in [-0.15, -0.1) is 0 Å². The molecular formula is C24H16ClN3O2. The first-order chi connectivity index (χ1) is 14.6. The first kappa shape index (κ1) is 18.3. The van der Waals surface area contributed by atoms with Crippen LogP contribution in [0.2, 0.25) is 5.15 Å². The average Bonchev–Trinajstić information content (AvgIpc) is 2.77. The van der Waals surface area contributed by atoms with Gasteiger partial charge in [-0.25, -0.2) is 4.98 Å². The Morgan fingerprint density at radius 1 is 1.07 bits per heavy atom. The number of hydrogen-bond donors (Lipinski definition) is 1. The number of methoxy groups -OCH3 is 1. The largest absolute Gasteiger partial charge is 0.497 e. The van der Waals surface area contributed by atoms with Gasteiger partial charge in [-0.05, 0) is 29.7 Å². The van der Waals surface area contributed by atoms with Crippen LogP contribution in [0.5, 0.6) is 11.5 Å². The van der Waals surface area contributed by atoms with E-state index in [1.165, 1.54) is 0 Å². The third-order valence-electron chi connectivity index (χ3n) is 5.42. The molecule has 0 saturated carbocycles. The Morgan fingerprint density at radius 3 is 2.70 bits per heavy atom. The van der Waals surface area contributed by atoms with Crippen molar-refractivity contribution in [1.29, 1.82) is 5.26 Å². The van der Waals surface area contributed by atoms with Gasteiger partial charge >= 0.3 is 0 Å². The van der Waals surface area contributed by atoms with Gasteiger partial charge in [0.25, 0.3) is 0 Å². The summed E-state index contributed by atoms with van der Waals surface area (Å²) in [5, 5.41) is 13.0. The van der Waals surface area contributed by atoms with E-state index in [0.29, 0.717) is 27.8 Å². The van der Waals surface area contributed by atoms with Crippen LogP contribution in [-0.4, -0.2) is 12.1 Å². The maximum Gasteiger partial charge on any atom is 0.205 e. The molecule has 0 bridgehead atoms. The highest BCUT2D eigenvalue weighted by atomic mass is 35.5. The highest BCUT2D eigenvalue weighted by Crippen LogP contribution is 2.47. The predicted octanol–water partition coefficient (Wildman–Crippen LogP) is 5.27. The number of halogens is 1. The fourth-order valence-electron chi connectivity index (χ4n) is 3.98. The summed E-state index contributed by atoms with van der Waals surface area (Å²) in [5.41, 5.74) is 8.75. The van der Waals surface area contributed by atoms with Crippen LogP contribution in [0.25, 0.3) is 21.7 Å². The van der Waals surface area contributed by atoms with E-state index in [0.717, 1.165) is 27.2 Å². The molecule has 146 valence electrons. The number of fused-ring (bicyclic) bond motifs is 4. The molecule has 4 aromatic rings. The topological polar surface area (TPSA) is 81.2 Å². The Bertz CT molecular complexity index is 1410. The zero-order valence-electron chi connectivity index (χ0n) is 16.0. The SMILES string of the molecule is COc1ccc2nc(Cl)c(C3C(C#N)=C(N)Oc4c3ccc3ccccc43)cc2c1. The van der Waals surface area contributed by atoms with E-state index in [4.69, 9.17) is 26.8 Å². The molecule has 6 heteroatoms. The summed E-state index contributed by atoms with van der Waals surface area (Å²) in [4.78, 5) is 4.55. The first-order valence-electron chi connectivity index (χ1n) is 9.34. The summed E-state index contributed by atoms with van der Waals surface area (Å²) in [6, 6.07) is 21.6. The van der Waals surface area contributed by atoms with Crippen LogP contribution < -0.4 is 15.2 Å². The van der Waals surface area contributed by atoms with Crippen molar-refractivity contribution >= 4 is 33.3 Å². The van der Waals surface area contributed by atoms with Gasteiger partial charge in [0.15, 0.2) is 0 Å². The van der Waals surface area contributed by atoms with Gasteiger partial charge in [-0.1, -0.05) is 48.0 Å². The monoisotopic (exact) mass is 413 g/mol. The van der Waals surface area contributed by atoms with E-state index >= 15 is 0 Å². The van der Waals surface area contributed by atoms with Crippen LogP contribution in [0.3, 0.4) is 0 Å². The minimum absolute atomic E-state index is 0.0770. The fourth-order valence-corrected chi connectivity index (χ4v) is 4.24. The molecule has 0 saturated heterocycles. The Balaban J connectivity index is 1.80. The molecule has 2 heterocycles. The zero-order valence-corrected chi connectivity index (χ0v) is 16.8. The Hall–Kier alpha value is -3.75. The molecule has 1 aliphatic rings. The Morgan fingerprint density at radius 2 is 1.90 bits per heavy atom. The van der Waals surface area contributed by atoms with E-state index in [9.17, 15) is 5.26 Å². The molecule has 1 aromatic heterocycles. The van der Waals surface area contributed by atoms with Crippen LogP contribution >= 0.6 is 11.6 Å². The van der Waals surface area contributed by atoms with Gasteiger partial charge in [0.2, 0.25) is 5.88 Å². The lowest BCUT2D eigenvalue weighted by molar-refractivity contribution is 0.398. The molecule has 5 nitrogen and oxygen atoms in total. The molecular weight excluding hydrogens is 398 g/mol. The Labute approximate surface area is 177 Å². The zero-order chi connectivity index (χ0) is 20.8. The molecule has 5 rings (SSSR count). The second-order valence-electron chi connectivity index (χ2n) is 7.06. The molecule has 1 unspecified atom stereocenters. The molecule has 0 aliphatic carbocycles. The summed E-state index contributed by atoms with van der Waals surface area (Å²) in [7, 11) is 1.61. The maximum absolute atomic E-state index is 9.87. The lowest BCUT2D eigenvalue weighted by atomic mass is 9.82. The average molecular weight is 414 g/mol. The highest BCUT2D eigenvalue weighted by molar-refractivity contribution is 6.30. The van der Waals surface area contributed by atoms with Gasteiger partial charge < -0.3 is 15.2 Å². The number of hydrogen-bond acceptors (Lipinski definition) is 5. The van der Waals surface area contributed by atoms with Crippen molar-refractivity contribution in [2.45, 2.75) is 5.92 Å². The summed E-state index contributed by atoms with van der Waals surface area (Å²) in [5.74, 6) is 0.940. The van der Waals surface area contributed by atoms with Crippen molar-refractivity contribution in [3.8, 4) is 17.6 Å². The van der Waals surface area contributed by atoms with Gasteiger partial charge in [-0.3, -0.25) is 0 Å². The maximum atomic E-state index is 9.87. The molecule has 3 aromatic carbocycles. The summed E-state index contributed by atoms with van der Waals surface area (Å²) < 4.78 is 11.3. The van der Waals surface area contributed by atoms with Gasteiger partial charge in [0.1, 0.15) is 28.3 Å². The highest BCUT2D eigenvalue weighted by Gasteiger charge is 2.33. The predicted molar refractivity (Wildman–Crippen MR) is 117 cm³/mol. The number of aromatic nitrogens is 1. The second kappa shape index (κ2) is 6.94. The number of nitriles is 1. The normalized spacial score (nSPS) is 15.6. The quantitative estimate of drug-likeness (QED) is 0.453. The fraction of sp³-hybridized carbons (Fsp3) is 0.0833. The molecule has 1 aliphatic heterocycles. The van der Waals surface area contributed by atoms with E-state index < -0.39 is 5.92 Å².